The maximum absolute atomic E-state index is 13.4. The zero-order valence-corrected chi connectivity index (χ0v) is 14.0. The van der Waals surface area contributed by atoms with Crippen LogP contribution in [0.4, 0.5) is 5.69 Å². The van der Waals surface area contributed by atoms with Gasteiger partial charge in [0.05, 0.1) is 16.8 Å². The van der Waals surface area contributed by atoms with E-state index in [1.54, 1.807) is 24.5 Å². The van der Waals surface area contributed by atoms with Crippen LogP contribution < -0.4 is 4.90 Å². The third-order valence-electron chi connectivity index (χ3n) is 4.97. The standard InChI is InChI=1S/C19H16N6O/c26-19(14-9-10-17-21-22-23-24(17)12-14)25(15-6-2-7-15)16-8-1-4-13-5-3-11-20-18(13)16/h1,3-5,8-12,15H,2,6-7H2. The van der Waals surface area contributed by atoms with Gasteiger partial charge in [0.1, 0.15) is 0 Å². The van der Waals surface area contributed by atoms with Gasteiger partial charge in [0.2, 0.25) is 0 Å². The number of tetrazole rings is 1. The summed E-state index contributed by atoms with van der Waals surface area (Å²) in [6, 6.07) is 13.6. The summed E-state index contributed by atoms with van der Waals surface area (Å²) in [6.45, 7) is 0. The van der Waals surface area contributed by atoms with Crippen molar-refractivity contribution in [2.75, 3.05) is 4.90 Å². The van der Waals surface area contributed by atoms with E-state index in [9.17, 15) is 4.79 Å². The molecule has 1 saturated carbocycles. The quantitative estimate of drug-likeness (QED) is 0.571. The minimum atomic E-state index is -0.0507. The van der Waals surface area contributed by atoms with Crippen LogP contribution in [-0.4, -0.2) is 37.0 Å². The van der Waals surface area contributed by atoms with Crippen LogP contribution in [0.1, 0.15) is 29.6 Å². The Morgan fingerprint density at radius 1 is 1.12 bits per heavy atom. The Morgan fingerprint density at radius 2 is 2.00 bits per heavy atom. The monoisotopic (exact) mass is 344 g/mol. The fourth-order valence-electron chi connectivity index (χ4n) is 3.41. The Labute approximate surface area is 149 Å². The maximum Gasteiger partial charge on any atom is 0.260 e. The van der Waals surface area contributed by atoms with E-state index in [1.807, 2.05) is 35.2 Å². The molecule has 0 atom stereocenters. The lowest BCUT2D eigenvalue weighted by Crippen LogP contribution is -2.44. The SMILES string of the molecule is O=C(c1ccc2nnnn2c1)N(c1cccc2cccnc12)C1CCC1. The van der Waals surface area contributed by atoms with Gasteiger partial charge < -0.3 is 4.90 Å². The van der Waals surface area contributed by atoms with E-state index >= 15 is 0 Å². The molecule has 3 aromatic heterocycles. The number of aromatic nitrogens is 5. The third kappa shape index (κ3) is 2.32. The van der Waals surface area contributed by atoms with Gasteiger partial charge in [-0.1, -0.05) is 18.2 Å². The van der Waals surface area contributed by atoms with Crippen molar-refractivity contribution in [1.82, 2.24) is 25.0 Å². The third-order valence-corrected chi connectivity index (χ3v) is 4.97. The second-order valence-electron chi connectivity index (χ2n) is 6.51. The van der Waals surface area contributed by atoms with E-state index in [2.05, 4.69) is 20.5 Å². The molecule has 4 aromatic rings. The second-order valence-corrected chi connectivity index (χ2v) is 6.51. The van der Waals surface area contributed by atoms with Gasteiger partial charge in [0, 0.05) is 23.8 Å². The highest BCUT2D eigenvalue weighted by molar-refractivity contribution is 6.10. The van der Waals surface area contributed by atoms with Crippen LogP contribution in [0.3, 0.4) is 0 Å². The number of fused-ring (bicyclic) bond motifs is 2. The maximum atomic E-state index is 13.4. The second kappa shape index (κ2) is 5.87. The number of hydrogen-bond donors (Lipinski definition) is 0. The number of nitrogens with zero attached hydrogens (tertiary/aromatic N) is 6. The largest absolute Gasteiger partial charge is 0.303 e. The Kier molecular flexibility index (Phi) is 3.38. The normalized spacial score (nSPS) is 14.5. The average Bonchev–Trinajstić information content (AvgIpc) is 3.11. The first-order chi connectivity index (χ1) is 12.8. The van der Waals surface area contributed by atoms with Gasteiger partial charge >= 0.3 is 0 Å². The fourth-order valence-corrected chi connectivity index (χ4v) is 3.41. The summed E-state index contributed by atoms with van der Waals surface area (Å²) >= 11 is 0. The van der Waals surface area contributed by atoms with E-state index in [-0.39, 0.29) is 11.9 Å². The predicted octanol–water partition coefficient (Wildman–Crippen LogP) is 2.87. The molecule has 3 heterocycles. The van der Waals surface area contributed by atoms with Gasteiger partial charge in [-0.2, -0.15) is 4.52 Å². The summed E-state index contributed by atoms with van der Waals surface area (Å²) in [5.41, 5.74) is 2.88. The van der Waals surface area contributed by atoms with E-state index in [4.69, 9.17) is 0 Å². The number of para-hydroxylation sites is 1. The van der Waals surface area contributed by atoms with Crippen LogP contribution in [-0.2, 0) is 0 Å². The molecule has 0 bridgehead atoms. The molecule has 1 aliphatic rings. The average molecular weight is 344 g/mol. The van der Waals surface area contributed by atoms with Crippen LogP contribution in [0.25, 0.3) is 16.6 Å². The summed E-state index contributed by atoms with van der Waals surface area (Å²) in [6.07, 6.45) is 6.59. The number of carbonyl (C=O) groups is 1. The molecule has 26 heavy (non-hydrogen) atoms. The van der Waals surface area contributed by atoms with Crippen molar-refractivity contribution in [2.24, 2.45) is 0 Å². The number of amides is 1. The molecule has 1 aromatic carbocycles. The minimum Gasteiger partial charge on any atom is -0.303 e. The minimum absolute atomic E-state index is 0.0507. The summed E-state index contributed by atoms with van der Waals surface area (Å²) in [5.74, 6) is -0.0507. The molecule has 7 nitrogen and oxygen atoms in total. The van der Waals surface area contributed by atoms with Crippen LogP contribution in [0.2, 0.25) is 0 Å². The van der Waals surface area contributed by atoms with Gasteiger partial charge in [-0.3, -0.25) is 9.78 Å². The van der Waals surface area contributed by atoms with Crippen molar-refractivity contribution in [3.8, 4) is 0 Å². The predicted molar refractivity (Wildman–Crippen MR) is 97.0 cm³/mol. The molecular formula is C19H16N6O. The number of anilines is 1. The van der Waals surface area contributed by atoms with Crippen molar-refractivity contribution in [3.63, 3.8) is 0 Å². The lowest BCUT2D eigenvalue weighted by atomic mass is 9.90. The zero-order chi connectivity index (χ0) is 17.5. The number of rotatable bonds is 3. The molecule has 7 heteroatoms. The highest BCUT2D eigenvalue weighted by Crippen LogP contribution is 2.34. The van der Waals surface area contributed by atoms with Crippen LogP contribution in [0, 0.1) is 0 Å². The molecule has 1 aliphatic carbocycles. The van der Waals surface area contributed by atoms with Gasteiger partial charge in [-0.25, -0.2) is 0 Å². The van der Waals surface area contributed by atoms with Crippen molar-refractivity contribution < 1.29 is 4.79 Å². The Bertz CT molecular complexity index is 1110. The van der Waals surface area contributed by atoms with E-state index in [0.717, 1.165) is 35.9 Å². The highest BCUT2D eigenvalue weighted by atomic mass is 16.2. The van der Waals surface area contributed by atoms with Crippen LogP contribution in [0.5, 0.6) is 0 Å². The first kappa shape index (κ1) is 14.9. The van der Waals surface area contributed by atoms with Crippen LogP contribution >= 0.6 is 0 Å². The number of pyridine rings is 2. The molecule has 128 valence electrons. The Balaban J connectivity index is 1.64. The zero-order valence-electron chi connectivity index (χ0n) is 14.0. The molecule has 0 unspecified atom stereocenters. The van der Waals surface area contributed by atoms with Crippen molar-refractivity contribution >= 4 is 28.1 Å². The number of benzene rings is 1. The summed E-state index contributed by atoms with van der Waals surface area (Å²) in [5, 5.41) is 12.4. The lowest BCUT2D eigenvalue weighted by molar-refractivity contribution is 0.0964. The summed E-state index contributed by atoms with van der Waals surface area (Å²) < 4.78 is 1.52. The van der Waals surface area contributed by atoms with Crippen molar-refractivity contribution in [2.45, 2.75) is 25.3 Å². The topological polar surface area (TPSA) is 76.3 Å². The molecule has 1 amide bonds. The highest BCUT2D eigenvalue weighted by Gasteiger charge is 2.32. The molecule has 5 rings (SSSR count). The number of carbonyl (C=O) groups excluding carboxylic acids is 1. The molecule has 1 fully saturated rings. The Morgan fingerprint density at radius 3 is 2.85 bits per heavy atom. The van der Waals surface area contributed by atoms with Crippen LogP contribution in [0.15, 0.2) is 54.9 Å². The molecule has 0 aliphatic heterocycles. The van der Waals surface area contributed by atoms with Gasteiger partial charge in [0.15, 0.2) is 5.65 Å². The van der Waals surface area contributed by atoms with Gasteiger partial charge in [0.25, 0.3) is 5.91 Å². The first-order valence-electron chi connectivity index (χ1n) is 8.66. The fraction of sp³-hybridized carbons (Fsp3) is 0.211. The Hall–Kier alpha value is -3.35. The van der Waals surface area contributed by atoms with Crippen molar-refractivity contribution in [3.05, 3.63) is 60.4 Å². The van der Waals surface area contributed by atoms with Gasteiger partial charge in [-0.15, -0.1) is 5.10 Å². The molecule has 0 radical (unpaired) electrons. The first-order valence-corrected chi connectivity index (χ1v) is 8.66. The molecular weight excluding hydrogens is 328 g/mol. The van der Waals surface area contributed by atoms with E-state index in [0.29, 0.717) is 11.2 Å². The number of hydrogen-bond acceptors (Lipinski definition) is 5. The van der Waals surface area contributed by atoms with E-state index in [1.165, 1.54) is 4.52 Å². The summed E-state index contributed by atoms with van der Waals surface area (Å²) in [4.78, 5) is 19.8. The molecule has 0 N–H and O–H groups in total. The molecule has 0 spiro atoms. The molecule has 0 saturated heterocycles. The summed E-state index contributed by atoms with van der Waals surface area (Å²) in [7, 11) is 0. The van der Waals surface area contributed by atoms with E-state index < -0.39 is 0 Å². The van der Waals surface area contributed by atoms with Gasteiger partial charge in [-0.05, 0) is 54.0 Å². The lowest BCUT2D eigenvalue weighted by Gasteiger charge is -2.38. The van der Waals surface area contributed by atoms with Crippen molar-refractivity contribution in [1.29, 1.82) is 0 Å². The smallest absolute Gasteiger partial charge is 0.260 e.